The minimum absolute atomic E-state index is 0.566. The van der Waals surface area contributed by atoms with Crippen molar-refractivity contribution in [3.63, 3.8) is 0 Å². The Morgan fingerprint density at radius 2 is 1.67 bits per heavy atom. The van der Waals surface area contributed by atoms with Gasteiger partial charge in [0.1, 0.15) is 0 Å². The summed E-state index contributed by atoms with van der Waals surface area (Å²) < 4.78 is 40.9. The van der Waals surface area contributed by atoms with Crippen molar-refractivity contribution in [2.24, 2.45) is 0 Å². The van der Waals surface area contributed by atoms with Gasteiger partial charge in [-0.25, -0.2) is 0 Å². The SMILES string of the molecule is OC(O)O[SiH2]c1ccc(C(F)(F)F)cc1. The van der Waals surface area contributed by atoms with Gasteiger partial charge in [-0.3, -0.25) is 0 Å². The second-order valence-electron chi connectivity index (χ2n) is 2.83. The van der Waals surface area contributed by atoms with Crippen molar-refractivity contribution in [1.82, 2.24) is 0 Å². The van der Waals surface area contributed by atoms with E-state index in [-0.39, 0.29) is 0 Å². The van der Waals surface area contributed by atoms with Gasteiger partial charge in [0.2, 0.25) is 0 Å². The lowest BCUT2D eigenvalue weighted by molar-refractivity contribution is -0.179. The Morgan fingerprint density at radius 1 is 1.13 bits per heavy atom. The summed E-state index contributed by atoms with van der Waals surface area (Å²) in [6.45, 7) is -1.86. The summed E-state index contributed by atoms with van der Waals surface area (Å²) in [7, 11) is -1.39. The maximum Gasteiger partial charge on any atom is 0.416 e. The Balaban J connectivity index is 2.65. The average Bonchev–Trinajstić information content (AvgIpc) is 2.14. The van der Waals surface area contributed by atoms with Crippen LogP contribution in [0.5, 0.6) is 0 Å². The average molecular weight is 238 g/mol. The van der Waals surface area contributed by atoms with Crippen molar-refractivity contribution in [3.05, 3.63) is 29.8 Å². The fourth-order valence-electron chi connectivity index (χ4n) is 0.961. The second-order valence-corrected chi connectivity index (χ2v) is 4.27. The van der Waals surface area contributed by atoms with E-state index in [1.807, 2.05) is 0 Å². The first-order valence-corrected chi connectivity index (χ1v) is 5.32. The highest BCUT2D eigenvalue weighted by molar-refractivity contribution is 6.46. The van der Waals surface area contributed by atoms with Crippen molar-refractivity contribution in [1.29, 1.82) is 0 Å². The maximum absolute atomic E-state index is 12.1. The number of rotatable bonds is 3. The molecule has 0 amide bonds. The van der Waals surface area contributed by atoms with Gasteiger partial charge in [0.15, 0.2) is 9.76 Å². The van der Waals surface area contributed by atoms with Crippen molar-refractivity contribution in [3.8, 4) is 0 Å². The van der Waals surface area contributed by atoms with E-state index in [9.17, 15) is 13.2 Å². The molecule has 0 saturated carbocycles. The predicted molar refractivity (Wildman–Crippen MR) is 48.9 cm³/mol. The molecular weight excluding hydrogens is 229 g/mol. The van der Waals surface area contributed by atoms with Crippen molar-refractivity contribution in [2.45, 2.75) is 12.7 Å². The summed E-state index contributed by atoms with van der Waals surface area (Å²) >= 11 is 0. The molecule has 0 fully saturated rings. The van der Waals surface area contributed by atoms with Crippen LogP contribution in [-0.4, -0.2) is 26.5 Å². The fourth-order valence-corrected chi connectivity index (χ4v) is 1.73. The van der Waals surface area contributed by atoms with Gasteiger partial charge in [0.25, 0.3) is 6.48 Å². The summed E-state index contributed by atoms with van der Waals surface area (Å²) in [5.41, 5.74) is -0.732. The van der Waals surface area contributed by atoms with Crippen molar-refractivity contribution >= 4 is 14.9 Å². The van der Waals surface area contributed by atoms with E-state index < -0.39 is 28.0 Å². The highest BCUT2D eigenvalue weighted by atomic mass is 28.2. The zero-order chi connectivity index (χ0) is 11.5. The second kappa shape index (κ2) is 4.75. The normalized spacial score (nSPS) is 12.9. The van der Waals surface area contributed by atoms with Crippen LogP contribution in [0.15, 0.2) is 24.3 Å². The zero-order valence-corrected chi connectivity index (χ0v) is 8.94. The van der Waals surface area contributed by atoms with E-state index in [0.29, 0.717) is 5.19 Å². The molecule has 0 saturated heterocycles. The van der Waals surface area contributed by atoms with E-state index >= 15 is 0 Å². The number of aliphatic hydroxyl groups is 2. The van der Waals surface area contributed by atoms with Gasteiger partial charge in [0.05, 0.1) is 5.56 Å². The van der Waals surface area contributed by atoms with Crippen LogP contribution >= 0.6 is 0 Å². The van der Waals surface area contributed by atoms with E-state index in [0.717, 1.165) is 12.1 Å². The first kappa shape index (κ1) is 12.2. The standard InChI is InChI=1S/C8H9F3O3Si/c9-8(10,11)5-1-3-6(4-2-5)15-14-7(12)13/h1-4,7,12-13H,15H2. The molecule has 0 aliphatic rings. The third-order valence-corrected chi connectivity index (χ3v) is 2.95. The largest absolute Gasteiger partial charge is 0.416 e. The Bertz CT molecular complexity index is 310. The summed E-state index contributed by atoms with van der Waals surface area (Å²) in [5, 5.41) is 17.3. The Hall–Kier alpha value is -0.893. The molecule has 2 N–H and O–H groups in total. The number of hydrogen-bond acceptors (Lipinski definition) is 3. The minimum Gasteiger partial charge on any atom is -0.373 e. The molecule has 3 nitrogen and oxygen atoms in total. The molecule has 0 unspecified atom stereocenters. The van der Waals surface area contributed by atoms with Gasteiger partial charge in [-0.1, -0.05) is 24.3 Å². The van der Waals surface area contributed by atoms with Crippen LogP contribution in [0.4, 0.5) is 13.2 Å². The molecule has 0 heterocycles. The number of alkyl halides is 3. The van der Waals surface area contributed by atoms with Crippen molar-refractivity contribution in [2.75, 3.05) is 0 Å². The lowest BCUT2D eigenvalue weighted by atomic mass is 10.2. The molecule has 0 bridgehead atoms. The zero-order valence-electron chi connectivity index (χ0n) is 7.53. The molecule has 84 valence electrons. The Labute approximate surface area is 86.1 Å². The first-order valence-electron chi connectivity index (χ1n) is 4.03. The van der Waals surface area contributed by atoms with Gasteiger partial charge in [-0.15, -0.1) is 0 Å². The molecule has 1 aromatic carbocycles. The van der Waals surface area contributed by atoms with Crippen LogP contribution < -0.4 is 5.19 Å². The fraction of sp³-hybridized carbons (Fsp3) is 0.250. The van der Waals surface area contributed by atoms with E-state index in [1.165, 1.54) is 12.1 Å². The van der Waals surface area contributed by atoms with Crippen LogP contribution in [0.25, 0.3) is 0 Å². The monoisotopic (exact) mass is 238 g/mol. The third-order valence-electron chi connectivity index (χ3n) is 1.68. The highest BCUT2D eigenvalue weighted by Crippen LogP contribution is 2.28. The number of benzene rings is 1. The Kier molecular flexibility index (Phi) is 3.86. The number of aliphatic hydroxyl groups excluding tert-OH is 1. The van der Waals surface area contributed by atoms with Crippen molar-refractivity contribution < 1.29 is 27.8 Å². The summed E-state index contributed by atoms with van der Waals surface area (Å²) in [4.78, 5) is 0. The van der Waals surface area contributed by atoms with E-state index in [2.05, 4.69) is 4.43 Å². The lowest BCUT2D eigenvalue weighted by Crippen LogP contribution is -2.23. The van der Waals surface area contributed by atoms with E-state index in [1.54, 1.807) is 0 Å². The molecule has 0 radical (unpaired) electrons. The summed E-state index contributed by atoms with van der Waals surface area (Å²) in [5.74, 6) is 0. The topological polar surface area (TPSA) is 49.7 Å². The smallest absolute Gasteiger partial charge is 0.373 e. The molecule has 0 atom stereocenters. The van der Waals surface area contributed by atoms with E-state index in [4.69, 9.17) is 10.2 Å². The molecule has 0 spiro atoms. The quantitative estimate of drug-likeness (QED) is 0.561. The highest BCUT2D eigenvalue weighted by Gasteiger charge is 2.29. The lowest BCUT2D eigenvalue weighted by Gasteiger charge is -2.08. The summed E-state index contributed by atoms with van der Waals surface area (Å²) in [6, 6.07) is 4.43. The van der Waals surface area contributed by atoms with Crippen LogP contribution in [-0.2, 0) is 10.6 Å². The molecule has 15 heavy (non-hydrogen) atoms. The predicted octanol–water partition coefficient (Wildman–Crippen LogP) is -0.301. The van der Waals surface area contributed by atoms with Gasteiger partial charge >= 0.3 is 6.18 Å². The van der Waals surface area contributed by atoms with Crippen LogP contribution in [0.1, 0.15) is 5.56 Å². The maximum atomic E-state index is 12.1. The third kappa shape index (κ3) is 4.00. The number of hydrogen-bond donors (Lipinski definition) is 2. The van der Waals surface area contributed by atoms with Gasteiger partial charge in [0, 0.05) is 0 Å². The number of halogens is 3. The summed E-state index contributed by atoms with van der Waals surface area (Å²) in [6.07, 6.45) is -4.35. The van der Waals surface area contributed by atoms with Crippen LogP contribution in [0.2, 0.25) is 0 Å². The molecule has 0 aromatic heterocycles. The van der Waals surface area contributed by atoms with Gasteiger partial charge in [-0.05, 0) is 5.19 Å². The molecule has 0 aliphatic carbocycles. The first-order chi connectivity index (χ1) is 6.89. The Morgan fingerprint density at radius 3 is 2.07 bits per heavy atom. The molecule has 1 rings (SSSR count). The molecule has 0 aliphatic heterocycles. The van der Waals surface area contributed by atoms with Crippen LogP contribution in [0, 0.1) is 0 Å². The molecule has 7 heteroatoms. The van der Waals surface area contributed by atoms with Crippen LogP contribution in [0.3, 0.4) is 0 Å². The molecule has 1 aromatic rings. The van der Waals surface area contributed by atoms with Gasteiger partial charge in [-0.2, -0.15) is 13.2 Å². The van der Waals surface area contributed by atoms with Gasteiger partial charge < -0.3 is 14.6 Å². The minimum atomic E-state index is -4.35. The molecular formula is C8H9F3O3Si.